The Labute approximate surface area is 120 Å². The summed E-state index contributed by atoms with van der Waals surface area (Å²) in [4.78, 5) is 0. The molecular weight excluding hydrogens is 374 g/mol. The van der Waals surface area contributed by atoms with E-state index >= 15 is 0 Å². The molecule has 8 heteroatoms. The van der Waals surface area contributed by atoms with E-state index in [2.05, 4.69) is 47.7 Å². The van der Waals surface area contributed by atoms with Gasteiger partial charge in [-0.1, -0.05) is 0 Å². The van der Waals surface area contributed by atoms with Crippen molar-refractivity contribution in [2.24, 2.45) is 5.10 Å². The van der Waals surface area contributed by atoms with Crippen LogP contribution in [0.5, 0.6) is 11.5 Å². The van der Waals surface area contributed by atoms with E-state index in [4.69, 9.17) is 12.2 Å². The zero-order chi connectivity index (χ0) is 13.0. The first-order valence-electron chi connectivity index (χ1n) is 4.38. The molecule has 0 heterocycles. The molecule has 0 aliphatic heterocycles. The topological polar surface area (TPSA) is 76.9 Å². The molecule has 0 aliphatic rings. The molecule has 0 spiro atoms. The first-order valence-corrected chi connectivity index (χ1v) is 6.37. The average molecular weight is 383 g/mol. The summed E-state index contributed by atoms with van der Waals surface area (Å²) >= 11 is 11.0. The SMILES string of the molecule is CNC(=S)N/N=C/c1cc(Br)c(O)c(Br)c1O. The molecule has 0 radical (unpaired) electrons. The molecule has 0 atom stereocenters. The van der Waals surface area contributed by atoms with Gasteiger partial charge in [0.2, 0.25) is 0 Å². The fourth-order valence-electron chi connectivity index (χ4n) is 0.932. The van der Waals surface area contributed by atoms with Crippen LogP contribution in [-0.2, 0) is 0 Å². The van der Waals surface area contributed by atoms with Crippen LogP contribution in [0.4, 0.5) is 0 Å². The number of benzene rings is 1. The summed E-state index contributed by atoms with van der Waals surface area (Å²) < 4.78 is 0.643. The summed E-state index contributed by atoms with van der Waals surface area (Å²) in [7, 11) is 1.66. The summed E-state index contributed by atoms with van der Waals surface area (Å²) in [5.74, 6) is -0.176. The molecule has 0 aromatic heterocycles. The molecule has 1 rings (SSSR count). The molecule has 0 bridgehead atoms. The predicted octanol–water partition coefficient (Wildman–Crippen LogP) is 2.05. The number of hydrogen-bond donors (Lipinski definition) is 4. The number of nitrogens with one attached hydrogen (secondary N) is 2. The van der Waals surface area contributed by atoms with Crippen LogP contribution >= 0.6 is 44.1 Å². The standard InChI is InChI=1S/C9H9Br2N3O2S/c1-12-9(17)14-13-3-4-2-5(10)8(16)6(11)7(4)15/h2-3,15-16H,1H3,(H2,12,14,17)/b13-3+. The van der Waals surface area contributed by atoms with E-state index in [1.165, 1.54) is 12.3 Å². The lowest BCUT2D eigenvalue weighted by Gasteiger charge is -2.06. The fourth-order valence-corrected chi connectivity index (χ4v) is 2.14. The van der Waals surface area contributed by atoms with Crippen LogP contribution in [0.3, 0.4) is 0 Å². The maximum atomic E-state index is 9.73. The molecule has 0 fully saturated rings. The highest BCUT2D eigenvalue weighted by atomic mass is 79.9. The summed E-state index contributed by atoms with van der Waals surface area (Å²) in [6.45, 7) is 0. The summed E-state index contributed by atoms with van der Waals surface area (Å²) in [5, 5.41) is 26.1. The lowest BCUT2D eigenvalue weighted by molar-refractivity contribution is 0.442. The Bertz CT molecular complexity index is 480. The molecule has 0 unspecified atom stereocenters. The van der Waals surface area contributed by atoms with Gasteiger partial charge < -0.3 is 15.5 Å². The van der Waals surface area contributed by atoms with Crippen LogP contribution < -0.4 is 10.7 Å². The predicted molar refractivity (Wildman–Crippen MR) is 77.6 cm³/mol. The lowest BCUT2D eigenvalue weighted by Crippen LogP contribution is -2.28. The number of nitrogens with zero attached hydrogens (tertiary/aromatic N) is 1. The van der Waals surface area contributed by atoms with Crippen molar-refractivity contribution in [3.8, 4) is 11.5 Å². The van der Waals surface area contributed by atoms with Crippen molar-refractivity contribution < 1.29 is 10.2 Å². The monoisotopic (exact) mass is 381 g/mol. The van der Waals surface area contributed by atoms with E-state index in [1.54, 1.807) is 7.05 Å². The van der Waals surface area contributed by atoms with Gasteiger partial charge in [-0.25, -0.2) is 0 Å². The van der Waals surface area contributed by atoms with E-state index in [-0.39, 0.29) is 16.0 Å². The Morgan fingerprint density at radius 2 is 2.06 bits per heavy atom. The third-order valence-electron chi connectivity index (χ3n) is 1.79. The number of halogens is 2. The van der Waals surface area contributed by atoms with Gasteiger partial charge in [-0.3, -0.25) is 5.43 Å². The fraction of sp³-hybridized carbons (Fsp3) is 0.111. The summed E-state index contributed by atoms with van der Waals surface area (Å²) in [5.41, 5.74) is 2.97. The largest absolute Gasteiger partial charge is 0.506 e. The minimum Gasteiger partial charge on any atom is -0.506 e. The molecule has 4 N–H and O–H groups in total. The number of hydrazone groups is 1. The number of rotatable bonds is 2. The van der Waals surface area contributed by atoms with Gasteiger partial charge in [-0.05, 0) is 50.1 Å². The maximum Gasteiger partial charge on any atom is 0.186 e. The molecule has 1 aromatic carbocycles. The van der Waals surface area contributed by atoms with Gasteiger partial charge in [0.05, 0.1) is 10.7 Å². The van der Waals surface area contributed by atoms with Crippen LogP contribution in [0, 0.1) is 0 Å². The van der Waals surface area contributed by atoms with Crippen LogP contribution in [-0.4, -0.2) is 28.6 Å². The quantitative estimate of drug-likeness (QED) is 0.358. The van der Waals surface area contributed by atoms with E-state index in [1.807, 2.05) is 0 Å². The summed E-state index contributed by atoms with van der Waals surface area (Å²) in [6, 6.07) is 1.53. The third-order valence-corrected chi connectivity index (χ3v) is 3.45. The molecule has 0 aliphatic carbocycles. The minimum atomic E-state index is -0.105. The molecule has 1 aromatic rings. The number of thiocarbonyl (C=S) groups is 1. The van der Waals surface area contributed by atoms with Crippen molar-refractivity contribution in [1.29, 1.82) is 0 Å². The molecular formula is C9H9Br2N3O2S. The molecule has 92 valence electrons. The van der Waals surface area contributed by atoms with Crippen molar-refractivity contribution in [2.75, 3.05) is 7.05 Å². The minimum absolute atomic E-state index is 0.0710. The first-order chi connectivity index (χ1) is 7.97. The molecule has 5 nitrogen and oxygen atoms in total. The number of phenolic OH excluding ortho intramolecular Hbond substituents is 2. The lowest BCUT2D eigenvalue weighted by atomic mass is 10.2. The van der Waals surface area contributed by atoms with Gasteiger partial charge in [-0.15, -0.1) is 0 Å². The van der Waals surface area contributed by atoms with Gasteiger partial charge >= 0.3 is 0 Å². The molecule has 0 saturated heterocycles. The van der Waals surface area contributed by atoms with Gasteiger partial charge in [0.25, 0.3) is 0 Å². The Morgan fingerprint density at radius 1 is 1.41 bits per heavy atom. The van der Waals surface area contributed by atoms with Gasteiger partial charge in [0.1, 0.15) is 16.0 Å². The first kappa shape index (κ1) is 14.2. The van der Waals surface area contributed by atoms with Crippen LogP contribution in [0.1, 0.15) is 5.56 Å². The normalized spacial score (nSPS) is 10.5. The molecule has 0 amide bonds. The molecule has 17 heavy (non-hydrogen) atoms. The van der Waals surface area contributed by atoms with Gasteiger partial charge in [0, 0.05) is 12.6 Å². The van der Waals surface area contributed by atoms with Crippen LogP contribution in [0.2, 0.25) is 0 Å². The average Bonchev–Trinajstić information content (AvgIpc) is 2.32. The number of aromatic hydroxyl groups is 2. The van der Waals surface area contributed by atoms with E-state index in [9.17, 15) is 10.2 Å². The zero-order valence-corrected chi connectivity index (χ0v) is 12.6. The Kier molecular flexibility index (Phi) is 5.16. The van der Waals surface area contributed by atoms with Crippen LogP contribution in [0.15, 0.2) is 20.1 Å². The van der Waals surface area contributed by atoms with Crippen molar-refractivity contribution in [1.82, 2.24) is 10.7 Å². The highest BCUT2D eigenvalue weighted by Crippen LogP contribution is 2.40. The van der Waals surface area contributed by atoms with Gasteiger partial charge in [-0.2, -0.15) is 5.10 Å². The van der Waals surface area contributed by atoms with Crippen molar-refractivity contribution in [3.05, 3.63) is 20.6 Å². The second-order valence-corrected chi connectivity index (χ2v) is 4.96. The van der Waals surface area contributed by atoms with E-state index in [0.717, 1.165) is 0 Å². The van der Waals surface area contributed by atoms with Crippen molar-refractivity contribution in [2.45, 2.75) is 0 Å². The van der Waals surface area contributed by atoms with Crippen molar-refractivity contribution >= 4 is 55.4 Å². The Hall–Kier alpha value is -0.860. The number of phenols is 2. The second-order valence-electron chi connectivity index (χ2n) is 2.91. The highest BCUT2D eigenvalue weighted by molar-refractivity contribution is 9.11. The highest BCUT2D eigenvalue weighted by Gasteiger charge is 2.12. The Morgan fingerprint density at radius 3 is 2.65 bits per heavy atom. The Balaban J connectivity index is 2.96. The van der Waals surface area contributed by atoms with Gasteiger partial charge in [0.15, 0.2) is 5.11 Å². The number of hydrogen-bond acceptors (Lipinski definition) is 4. The van der Waals surface area contributed by atoms with Crippen molar-refractivity contribution in [3.63, 3.8) is 0 Å². The molecule has 0 saturated carbocycles. The second kappa shape index (κ2) is 6.18. The zero-order valence-electron chi connectivity index (χ0n) is 8.66. The van der Waals surface area contributed by atoms with E-state index < -0.39 is 0 Å². The maximum absolute atomic E-state index is 9.73. The van der Waals surface area contributed by atoms with Crippen LogP contribution in [0.25, 0.3) is 0 Å². The van der Waals surface area contributed by atoms with E-state index in [0.29, 0.717) is 15.1 Å². The third kappa shape index (κ3) is 3.55. The summed E-state index contributed by atoms with van der Waals surface area (Å²) in [6.07, 6.45) is 1.38. The smallest absolute Gasteiger partial charge is 0.186 e.